The van der Waals surface area contributed by atoms with Crippen LogP contribution in [0.5, 0.6) is 0 Å². The van der Waals surface area contributed by atoms with Crippen LogP contribution in [-0.4, -0.2) is 70.9 Å². The Bertz CT molecular complexity index is 600. The molecule has 8 heteroatoms. The van der Waals surface area contributed by atoms with Crippen LogP contribution in [0.15, 0.2) is 5.38 Å². The molecule has 7 nitrogen and oxygen atoms in total. The van der Waals surface area contributed by atoms with E-state index in [-0.39, 0.29) is 23.4 Å². The molecule has 0 aromatic carbocycles. The highest BCUT2D eigenvalue weighted by Gasteiger charge is 2.25. The fourth-order valence-electron chi connectivity index (χ4n) is 2.62. The normalized spacial score (nSPS) is 16.2. The largest absolute Gasteiger partial charge is 0.359 e. The molecule has 1 aromatic heterocycles. The maximum Gasteiger partial charge on any atom is 0.273 e. The summed E-state index contributed by atoms with van der Waals surface area (Å²) in [6.07, 6.45) is 0. The van der Waals surface area contributed by atoms with Crippen molar-refractivity contribution in [3.63, 3.8) is 0 Å². The van der Waals surface area contributed by atoms with Gasteiger partial charge in [-0.05, 0) is 34.6 Å². The highest BCUT2D eigenvalue weighted by Crippen LogP contribution is 2.18. The number of aromatic nitrogens is 1. The monoisotopic (exact) mass is 367 g/mol. The zero-order valence-electron chi connectivity index (χ0n) is 15.8. The lowest BCUT2D eigenvalue weighted by molar-refractivity contribution is -0.124. The second kappa shape index (κ2) is 8.14. The Kier molecular flexibility index (Phi) is 6.40. The van der Waals surface area contributed by atoms with Crippen molar-refractivity contribution < 1.29 is 9.59 Å². The minimum Gasteiger partial charge on any atom is -0.359 e. The number of piperazine rings is 1. The van der Waals surface area contributed by atoms with Gasteiger partial charge in [-0.3, -0.25) is 14.5 Å². The van der Waals surface area contributed by atoms with Crippen LogP contribution in [-0.2, 0) is 4.79 Å². The van der Waals surface area contributed by atoms with Gasteiger partial charge < -0.3 is 15.5 Å². The maximum atomic E-state index is 12.6. The first kappa shape index (κ1) is 19.7. The number of rotatable bonds is 5. The molecule has 0 atom stereocenters. The lowest BCUT2D eigenvalue weighted by Crippen LogP contribution is -2.52. The molecule has 1 aromatic rings. The number of amides is 2. The average Bonchev–Trinajstić information content (AvgIpc) is 2.93. The lowest BCUT2D eigenvalue weighted by atomic mass is 10.1. The van der Waals surface area contributed by atoms with Crippen LogP contribution in [0.25, 0.3) is 0 Å². The molecule has 2 N–H and O–H groups in total. The van der Waals surface area contributed by atoms with Crippen LogP contribution in [0.3, 0.4) is 0 Å². The van der Waals surface area contributed by atoms with Crippen LogP contribution < -0.4 is 10.6 Å². The van der Waals surface area contributed by atoms with Gasteiger partial charge in [-0.25, -0.2) is 4.98 Å². The Morgan fingerprint density at radius 1 is 1.24 bits per heavy atom. The minimum absolute atomic E-state index is 0.0242. The van der Waals surface area contributed by atoms with Gasteiger partial charge in [-0.1, -0.05) is 0 Å². The SMILES string of the molecule is CC(C)Nc1nc(C(=O)N2CCN(CC(=O)NC(C)(C)C)CC2)cs1. The Morgan fingerprint density at radius 2 is 1.88 bits per heavy atom. The number of carbonyl (C=O) groups is 2. The number of hydrogen-bond acceptors (Lipinski definition) is 6. The molecule has 0 spiro atoms. The van der Waals surface area contributed by atoms with Gasteiger partial charge in [0.05, 0.1) is 6.54 Å². The van der Waals surface area contributed by atoms with Gasteiger partial charge >= 0.3 is 0 Å². The van der Waals surface area contributed by atoms with Crippen LogP contribution in [0.1, 0.15) is 45.1 Å². The molecular formula is C17H29N5O2S. The topological polar surface area (TPSA) is 77.6 Å². The van der Waals surface area contributed by atoms with E-state index in [1.54, 1.807) is 5.38 Å². The summed E-state index contributed by atoms with van der Waals surface area (Å²) >= 11 is 1.45. The zero-order valence-corrected chi connectivity index (χ0v) is 16.6. The van der Waals surface area contributed by atoms with Crippen molar-refractivity contribution in [2.75, 3.05) is 38.0 Å². The third-order valence-electron chi connectivity index (χ3n) is 3.68. The average molecular weight is 368 g/mol. The fraction of sp³-hybridized carbons (Fsp3) is 0.706. The minimum atomic E-state index is -0.221. The molecule has 2 rings (SSSR count). The quantitative estimate of drug-likeness (QED) is 0.827. The molecule has 1 aliphatic heterocycles. The molecule has 0 saturated carbocycles. The molecule has 0 aliphatic carbocycles. The van der Waals surface area contributed by atoms with E-state index in [4.69, 9.17) is 0 Å². The van der Waals surface area contributed by atoms with E-state index < -0.39 is 0 Å². The summed E-state index contributed by atoms with van der Waals surface area (Å²) < 4.78 is 0. The van der Waals surface area contributed by atoms with Crippen molar-refractivity contribution in [3.05, 3.63) is 11.1 Å². The van der Waals surface area contributed by atoms with E-state index in [1.165, 1.54) is 11.3 Å². The van der Waals surface area contributed by atoms with Gasteiger partial charge in [0.15, 0.2) is 5.13 Å². The van der Waals surface area contributed by atoms with Crippen LogP contribution in [0.4, 0.5) is 5.13 Å². The Balaban J connectivity index is 1.82. The molecule has 140 valence electrons. The standard InChI is InChI=1S/C17H29N5O2S/c1-12(2)18-16-19-13(11-25-16)15(24)22-8-6-21(7-9-22)10-14(23)20-17(3,4)5/h11-12H,6-10H2,1-5H3,(H,18,19)(H,20,23). The second-order valence-corrected chi connectivity index (χ2v) is 8.56. The third kappa shape index (κ3) is 6.28. The fourth-order valence-corrected chi connectivity index (χ4v) is 3.45. The molecule has 25 heavy (non-hydrogen) atoms. The van der Waals surface area contributed by atoms with E-state index in [0.717, 1.165) is 5.13 Å². The molecule has 0 radical (unpaired) electrons. The predicted octanol–water partition coefficient (Wildman–Crippen LogP) is 1.64. The lowest BCUT2D eigenvalue weighted by Gasteiger charge is -2.34. The summed E-state index contributed by atoms with van der Waals surface area (Å²) in [6, 6.07) is 0.289. The van der Waals surface area contributed by atoms with Gasteiger partial charge in [0.25, 0.3) is 5.91 Å². The van der Waals surface area contributed by atoms with E-state index in [9.17, 15) is 9.59 Å². The van der Waals surface area contributed by atoms with Crippen molar-refractivity contribution in [1.29, 1.82) is 0 Å². The van der Waals surface area contributed by atoms with Crippen LogP contribution in [0, 0.1) is 0 Å². The molecular weight excluding hydrogens is 338 g/mol. The Morgan fingerprint density at radius 3 is 2.44 bits per heavy atom. The molecule has 1 aliphatic rings. The molecule has 0 bridgehead atoms. The number of hydrogen-bond donors (Lipinski definition) is 2. The predicted molar refractivity (Wildman–Crippen MR) is 101 cm³/mol. The summed E-state index contributed by atoms with van der Waals surface area (Å²) in [5.41, 5.74) is 0.272. The van der Waals surface area contributed by atoms with Crippen LogP contribution in [0.2, 0.25) is 0 Å². The first-order chi connectivity index (χ1) is 11.6. The van der Waals surface area contributed by atoms with Crippen molar-refractivity contribution >= 4 is 28.3 Å². The summed E-state index contributed by atoms with van der Waals surface area (Å²) in [6.45, 7) is 13.0. The van der Waals surface area contributed by atoms with Crippen molar-refractivity contribution in [2.45, 2.75) is 46.2 Å². The summed E-state index contributed by atoms with van der Waals surface area (Å²) in [5, 5.41) is 8.76. The van der Waals surface area contributed by atoms with Crippen molar-refractivity contribution in [1.82, 2.24) is 20.1 Å². The van der Waals surface area contributed by atoms with Crippen molar-refractivity contribution in [3.8, 4) is 0 Å². The molecule has 1 fully saturated rings. The molecule has 2 heterocycles. The molecule has 1 saturated heterocycles. The first-order valence-electron chi connectivity index (χ1n) is 8.69. The van der Waals surface area contributed by atoms with Gasteiger partial charge in [-0.2, -0.15) is 0 Å². The zero-order chi connectivity index (χ0) is 18.6. The summed E-state index contributed by atoms with van der Waals surface area (Å²) in [5.74, 6) is -0.0111. The Hall–Kier alpha value is -1.67. The highest BCUT2D eigenvalue weighted by atomic mass is 32.1. The molecule has 0 unspecified atom stereocenters. The first-order valence-corrected chi connectivity index (χ1v) is 9.57. The second-order valence-electron chi connectivity index (χ2n) is 7.70. The smallest absolute Gasteiger partial charge is 0.273 e. The van der Waals surface area contributed by atoms with Gasteiger partial charge in [0.2, 0.25) is 5.91 Å². The number of carbonyl (C=O) groups excluding carboxylic acids is 2. The number of thiazole rings is 1. The Labute approximate surface area is 153 Å². The van der Waals surface area contributed by atoms with Gasteiger partial charge in [0, 0.05) is 43.1 Å². The number of anilines is 1. The third-order valence-corrected chi connectivity index (χ3v) is 4.45. The summed E-state index contributed by atoms with van der Waals surface area (Å²) in [4.78, 5) is 32.8. The number of nitrogens with one attached hydrogen (secondary N) is 2. The van der Waals surface area contributed by atoms with Crippen LogP contribution >= 0.6 is 11.3 Å². The van der Waals surface area contributed by atoms with E-state index in [0.29, 0.717) is 38.4 Å². The van der Waals surface area contributed by atoms with Crippen molar-refractivity contribution in [2.24, 2.45) is 0 Å². The number of nitrogens with zero attached hydrogens (tertiary/aromatic N) is 3. The highest BCUT2D eigenvalue weighted by molar-refractivity contribution is 7.13. The van der Waals surface area contributed by atoms with E-state index >= 15 is 0 Å². The maximum absolute atomic E-state index is 12.6. The van der Waals surface area contributed by atoms with Gasteiger partial charge in [0.1, 0.15) is 5.69 Å². The van der Waals surface area contributed by atoms with E-state index in [2.05, 4.69) is 20.5 Å². The van der Waals surface area contributed by atoms with E-state index in [1.807, 2.05) is 39.5 Å². The molecule has 2 amide bonds. The summed E-state index contributed by atoms with van der Waals surface area (Å²) in [7, 11) is 0. The van der Waals surface area contributed by atoms with Gasteiger partial charge in [-0.15, -0.1) is 11.3 Å².